The van der Waals surface area contributed by atoms with Crippen molar-refractivity contribution in [2.24, 2.45) is 0 Å². The van der Waals surface area contributed by atoms with Crippen LogP contribution < -0.4 is 0 Å². The molecule has 0 atom stereocenters. The first kappa shape index (κ1) is 34.3. The molecule has 1 aliphatic carbocycles. The summed E-state index contributed by atoms with van der Waals surface area (Å²) in [6.45, 7) is 8.44. The zero-order valence-electron chi connectivity index (χ0n) is 32.1. The van der Waals surface area contributed by atoms with E-state index in [1.807, 2.05) is 0 Å². The van der Waals surface area contributed by atoms with E-state index in [1.54, 1.807) is 12.4 Å². The zero-order chi connectivity index (χ0) is 38.5. The summed E-state index contributed by atoms with van der Waals surface area (Å²) >= 11 is 0. The first-order valence-electron chi connectivity index (χ1n) is 19.8. The Morgan fingerprint density at radius 1 is 0.509 bits per heavy atom. The normalized spacial score (nSPS) is 12.5. The van der Waals surface area contributed by atoms with Crippen LogP contribution in [0.3, 0.4) is 0 Å². The third kappa shape index (κ3) is 5.81. The maximum atomic E-state index is 4.64. The molecule has 0 fully saturated rings. The number of nitrogens with zero attached hydrogens (tertiary/aromatic N) is 2. The molecule has 0 aliphatic heterocycles. The minimum absolute atomic E-state index is 0.887. The highest BCUT2D eigenvalue weighted by molar-refractivity contribution is 6.26. The number of hydrogen-bond donors (Lipinski definition) is 0. The summed E-state index contributed by atoms with van der Waals surface area (Å²) in [5, 5.41) is 7.52. The molecule has 0 bridgehead atoms. The van der Waals surface area contributed by atoms with Gasteiger partial charge in [-0.1, -0.05) is 165 Å². The average Bonchev–Trinajstić information content (AvgIpc) is 3.60. The molecule has 2 nitrogen and oxygen atoms in total. The third-order valence-corrected chi connectivity index (χ3v) is 11.5. The summed E-state index contributed by atoms with van der Waals surface area (Å²) in [6, 6.07) is 51.7. The van der Waals surface area contributed by atoms with Crippen LogP contribution in [-0.4, -0.2) is 9.97 Å². The van der Waals surface area contributed by atoms with Crippen molar-refractivity contribution in [3.63, 3.8) is 0 Å². The van der Waals surface area contributed by atoms with E-state index >= 15 is 0 Å². The van der Waals surface area contributed by atoms with E-state index in [4.69, 9.17) is 0 Å². The van der Waals surface area contributed by atoms with Gasteiger partial charge in [0.05, 0.1) is 11.0 Å². The molecule has 0 saturated heterocycles. The van der Waals surface area contributed by atoms with Crippen LogP contribution in [0.5, 0.6) is 0 Å². The summed E-state index contributed by atoms with van der Waals surface area (Å²) in [4.78, 5) is 9.17. The summed E-state index contributed by atoms with van der Waals surface area (Å²) in [5.74, 6) is 0. The highest BCUT2D eigenvalue weighted by Gasteiger charge is 2.24. The first-order chi connectivity index (χ1) is 28.1. The Morgan fingerprint density at radius 3 is 1.89 bits per heavy atom. The molecule has 0 unspecified atom stereocenters. The lowest BCUT2D eigenvalue weighted by atomic mass is 9.83. The van der Waals surface area contributed by atoms with Crippen LogP contribution in [0.2, 0.25) is 0 Å². The van der Waals surface area contributed by atoms with Crippen molar-refractivity contribution in [1.82, 2.24) is 9.97 Å². The third-order valence-electron chi connectivity index (χ3n) is 11.5. The standard InChI is InChI=1S/C55H40N2/c1-4-6-12-35(3)19-20-36(5-2)37-21-23-38(24-22-37)53-44-15-9-10-16-45(44)55(48-29-28-47-42-14-8-7-13-41(42)43-17-11-18-46(48)54(43)47)49-27-25-39(33-50(49)53)40-26-30-51-52(34-40)57-32-31-56-51/h5-34H,3-4H2,1-2H3/b12-6-,20-19-,36-5+. The zero-order valence-corrected chi connectivity index (χ0v) is 32.1. The van der Waals surface area contributed by atoms with Crippen LogP contribution in [0.15, 0.2) is 194 Å². The molecular weight excluding hydrogens is 689 g/mol. The van der Waals surface area contributed by atoms with Crippen molar-refractivity contribution in [1.29, 1.82) is 0 Å². The molecule has 57 heavy (non-hydrogen) atoms. The van der Waals surface area contributed by atoms with Gasteiger partial charge >= 0.3 is 0 Å². The van der Waals surface area contributed by atoms with Gasteiger partial charge in [-0.25, -0.2) is 0 Å². The first-order valence-corrected chi connectivity index (χ1v) is 19.8. The van der Waals surface area contributed by atoms with E-state index in [0.717, 1.165) is 39.7 Å². The quantitative estimate of drug-likeness (QED) is 0.115. The number of rotatable bonds is 8. The summed E-state index contributed by atoms with van der Waals surface area (Å²) in [5.41, 5.74) is 17.5. The highest BCUT2D eigenvalue weighted by Crippen LogP contribution is 2.52. The second kappa shape index (κ2) is 14.2. The SMILES string of the molecule is C=C(/C=C\CC)/C=C\C(=C/C)c1ccc(-c2c3ccccc3c(-c3ccc4c5c(cccc35)-c3ccccc3-4)c3ccc(-c4ccc5nccnc5c4)cc23)cc1. The fourth-order valence-corrected chi connectivity index (χ4v) is 8.84. The molecule has 0 N–H and O–H groups in total. The van der Waals surface area contributed by atoms with Gasteiger partial charge in [0.1, 0.15) is 0 Å². The summed E-state index contributed by atoms with van der Waals surface area (Å²) in [6.07, 6.45) is 15.1. The van der Waals surface area contributed by atoms with E-state index in [1.165, 1.54) is 82.4 Å². The van der Waals surface area contributed by atoms with Crippen LogP contribution in [0.25, 0.3) is 105 Å². The number of fused-ring (bicyclic) bond motifs is 6. The number of benzene rings is 8. The van der Waals surface area contributed by atoms with Crippen LogP contribution >= 0.6 is 0 Å². The molecule has 10 rings (SSSR count). The van der Waals surface area contributed by atoms with Gasteiger partial charge in [-0.15, -0.1) is 0 Å². The van der Waals surface area contributed by atoms with Crippen LogP contribution in [0.1, 0.15) is 25.8 Å². The van der Waals surface area contributed by atoms with E-state index in [-0.39, 0.29) is 0 Å². The topological polar surface area (TPSA) is 25.8 Å². The molecular formula is C55H40N2. The van der Waals surface area contributed by atoms with Crippen molar-refractivity contribution in [3.05, 3.63) is 200 Å². The predicted molar refractivity (Wildman–Crippen MR) is 244 cm³/mol. The van der Waals surface area contributed by atoms with Crippen LogP contribution in [0.4, 0.5) is 0 Å². The average molecular weight is 729 g/mol. The predicted octanol–water partition coefficient (Wildman–Crippen LogP) is 15.2. The lowest BCUT2D eigenvalue weighted by molar-refractivity contribution is 1.22. The van der Waals surface area contributed by atoms with Gasteiger partial charge in [-0.3, -0.25) is 9.97 Å². The number of allylic oxidation sites excluding steroid dienone is 7. The van der Waals surface area contributed by atoms with E-state index in [2.05, 4.69) is 200 Å². The van der Waals surface area contributed by atoms with Gasteiger partial charge < -0.3 is 0 Å². The van der Waals surface area contributed by atoms with Crippen molar-refractivity contribution in [3.8, 4) is 55.6 Å². The Morgan fingerprint density at radius 2 is 1.12 bits per heavy atom. The van der Waals surface area contributed by atoms with Gasteiger partial charge in [0.25, 0.3) is 0 Å². The fraction of sp³-hybridized carbons (Fsp3) is 0.0545. The largest absolute Gasteiger partial charge is 0.253 e. The smallest absolute Gasteiger partial charge is 0.0892 e. The lowest BCUT2D eigenvalue weighted by Gasteiger charge is -2.20. The Kier molecular flexibility index (Phi) is 8.53. The molecule has 0 saturated carbocycles. The highest BCUT2D eigenvalue weighted by atomic mass is 14.8. The molecule has 0 spiro atoms. The molecule has 2 heteroatoms. The number of aromatic nitrogens is 2. The van der Waals surface area contributed by atoms with Crippen LogP contribution in [-0.2, 0) is 0 Å². The monoisotopic (exact) mass is 728 g/mol. The van der Waals surface area contributed by atoms with E-state index in [9.17, 15) is 0 Å². The lowest BCUT2D eigenvalue weighted by Crippen LogP contribution is -1.93. The summed E-state index contributed by atoms with van der Waals surface area (Å²) in [7, 11) is 0. The van der Waals surface area contributed by atoms with Crippen molar-refractivity contribution in [2.75, 3.05) is 0 Å². The maximum Gasteiger partial charge on any atom is 0.0892 e. The molecule has 0 radical (unpaired) electrons. The van der Waals surface area contributed by atoms with Gasteiger partial charge in [0, 0.05) is 12.4 Å². The molecule has 0 amide bonds. The van der Waals surface area contributed by atoms with Gasteiger partial charge in [0.15, 0.2) is 0 Å². The fourth-order valence-electron chi connectivity index (χ4n) is 8.84. The minimum atomic E-state index is 0.887. The minimum Gasteiger partial charge on any atom is -0.253 e. The molecule has 1 aromatic heterocycles. The Bertz CT molecular complexity index is 3150. The number of hydrogen-bond acceptors (Lipinski definition) is 2. The van der Waals surface area contributed by atoms with Gasteiger partial charge in [0.2, 0.25) is 0 Å². The molecule has 1 heterocycles. The maximum absolute atomic E-state index is 4.64. The Balaban J connectivity index is 1.21. The van der Waals surface area contributed by atoms with E-state index < -0.39 is 0 Å². The molecule has 9 aromatic rings. The van der Waals surface area contributed by atoms with Crippen molar-refractivity contribution in [2.45, 2.75) is 20.3 Å². The molecule has 1 aliphatic rings. The van der Waals surface area contributed by atoms with Crippen molar-refractivity contribution >= 4 is 48.9 Å². The Labute approximate surface area is 333 Å². The summed E-state index contributed by atoms with van der Waals surface area (Å²) < 4.78 is 0. The van der Waals surface area contributed by atoms with Crippen LogP contribution in [0, 0.1) is 0 Å². The second-order valence-electron chi connectivity index (χ2n) is 14.8. The van der Waals surface area contributed by atoms with Gasteiger partial charge in [-0.2, -0.15) is 0 Å². The Hall–Kier alpha value is -7.16. The van der Waals surface area contributed by atoms with E-state index in [0.29, 0.717) is 0 Å². The molecule has 270 valence electrons. The molecule has 8 aromatic carbocycles. The second-order valence-corrected chi connectivity index (χ2v) is 14.8. The van der Waals surface area contributed by atoms with Crippen molar-refractivity contribution < 1.29 is 0 Å². The van der Waals surface area contributed by atoms with Gasteiger partial charge in [-0.05, 0) is 136 Å².